The summed E-state index contributed by atoms with van der Waals surface area (Å²) < 4.78 is 5.18. The van der Waals surface area contributed by atoms with Crippen LogP contribution in [0.4, 0.5) is 9.80 Å². The van der Waals surface area contributed by atoms with Crippen LogP contribution in [0, 0.1) is 0 Å². The number of carboxylic acids is 1. The van der Waals surface area contributed by atoms with Gasteiger partial charge in [0.25, 0.3) is 0 Å². The van der Waals surface area contributed by atoms with Crippen molar-refractivity contribution in [3.05, 3.63) is 17.0 Å². The maximum absolute atomic E-state index is 12.1. The van der Waals surface area contributed by atoms with Gasteiger partial charge in [-0.2, -0.15) is 0 Å². The van der Waals surface area contributed by atoms with Crippen molar-refractivity contribution in [1.82, 2.24) is 4.90 Å². The summed E-state index contributed by atoms with van der Waals surface area (Å²) in [5.41, 5.74) is 0.0622. The summed E-state index contributed by atoms with van der Waals surface area (Å²) in [7, 11) is 0. The number of urea groups is 1. The zero-order valence-electron chi connectivity index (χ0n) is 10.0. The molecule has 0 aromatic carbocycles. The smallest absolute Gasteiger partial charge is 0.338 e. The van der Waals surface area contributed by atoms with Crippen LogP contribution in [0.25, 0.3) is 0 Å². The minimum absolute atomic E-state index is 0.0622. The molecule has 2 heterocycles. The predicted octanol–water partition coefficient (Wildman–Crippen LogP) is 0.671. The molecular weight excluding hydrogens is 272 g/mol. The molecule has 0 spiro atoms. The van der Waals surface area contributed by atoms with Crippen molar-refractivity contribution >= 4 is 28.3 Å². The van der Waals surface area contributed by atoms with E-state index in [0.29, 0.717) is 18.2 Å². The average Bonchev–Trinajstić information content (AvgIpc) is 2.87. The molecule has 2 amide bonds. The molecule has 1 unspecified atom stereocenters. The third kappa shape index (κ3) is 3.03. The number of carboxylic acid groups (broad SMARTS) is 1. The normalized spacial score (nSPS) is 19.2. The van der Waals surface area contributed by atoms with Gasteiger partial charge < -0.3 is 19.8 Å². The van der Waals surface area contributed by atoms with E-state index >= 15 is 0 Å². The predicted molar refractivity (Wildman–Crippen MR) is 68.7 cm³/mol. The first-order valence-corrected chi connectivity index (χ1v) is 6.58. The van der Waals surface area contributed by atoms with Gasteiger partial charge in [-0.25, -0.2) is 9.59 Å². The topological polar surface area (TPSA) is 99.1 Å². The minimum atomic E-state index is -1.09. The molecule has 19 heavy (non-hydrogen) atoms. The van der Waals surface area contributed by atoms with Gasteiger partial charge in [0.05, 0.1) is 31.4 Å². The molecule has 3 N–H and O–H groups in total. The van der Waals surface area contributed by atoms with Crippen molar-refractivity contribution in [3.63, 3.8) is 0 Å². The van der Waals surface area contributed by atoms with Gasteiger partial charge in [-0.1, -0.05) is 0 Å². The number of amides is 2. The summed E-state index contributed by atoms with van der Waals surface area (Å²) >= 11 is 1.15. The molecular formula is C11H14N2O5S. The number of nitrogens with one attached hydrogen (secondary N) is 1. The van der Waals surface area contributed by atoms with Crippen LogP contribution < -0.4 is 5.32 Å². The Hall–Kier alpha value is -1.64. The van der Waals surface area contributed by atoms with Crippen LogP contribution in [0.3, 0.4) is 0 Å². The van der Waals surface area contributed by atoms with Crippen molar-refractivity contribution in [3.8, 4) is 0 Å². The summed E-state index contributed by atoms with van der Waals surface area (Å²) in [6, 6.07) is 0.611. The van der Waals surface area contributed by atoms with Crippen LogP contribution in [0.1, 0.15) is 10.4 Å². The number of hydrogen-bond acceptors (Lipinski definition) is 5. The molecule has 1 saturated heterocycles. The number of hydrogen-bond donors (Lipinski definition) is 3. The second-order valence-electron chi connectivity index (χ2n) is 4.00. The number of carbonyl (C=O) groups is 2. The van der Waals surface area contributed by atoms with Crippen molar-refractivity contribution in [1.29, 1.82) is 0 Å². The fourth-order valence-electron chi connectivity index (χ4n) is 1.82. The molecule has 0 bridgehead atoms. The number of morpholine rings is 1. The third-order valence-electron chi connectivity index (χ3n) is 2.82. The highest BCUT2D eigenvalue weighted by Crippen LogP contribution is 2.24. The molecule has 104 valence electrons. The molecule has 1 aromatic rings. The first kappa shape index (κ1) is 13.8. The summed E-state index contributed by atoms with van der Waals surface area (Å²) in [5.74, 6) is -1.09. The van der Waals surface area contributed by atoms with Crippen molar-refractivity contribution < 1.29 is 24.5 Å². The second-order valence-corrected chi connectivity index (χ2v) is 4.92. The van der Waals surface area contributed by atoms with Crippen LogP contribution >= 0.6 is 11.3 Å². The number of anilines is 1. The summed E-state index contributed by atoms with van der Waals surface area (Å²) in [6.45, 7) is 0.856. The molecule has 1 atom stereocenters. The van der Waals surface area contributed by atoms with Crippen LogP contribution in [0.15, 0.2) is 11.4 Å². The van der Waals surface area contributed by atoms with E-state index in [4.69, 9.17) is 9.84 Å². The lowest BCUT2D eigenvalue weighted by Crippen LogP contribution is -2.52. The van der Waals surface area contributed by atoms with Gasteiger partial charge in [0, 0.05) is 6.54 Å². The zero-order valence-corrected chi connectivity index (χ0v) is 10.9. The highest BCUT2D eigenvalue weighted by Gasteiger charge is 2.27. The van der Waals surface area contributed by atoms with Gasteiger partial charge >= 0.3 is 12.0 Å². The van der Waals surface area contributed by atoms with Gasteiger partial charge in [0.1, 0.15) is 5.00 Å². The highest BCUT2D eigenvalue weighted by molar-refractivity contribution is 7.14. The molecule has 1 fully saturated rings. The quantitative estimate of drug-likeness (QED) is 0.758. The number of aliphatic hydroxyl groups excluding tert-OH is 1. The number of carbonyl (C=O) groups excluding carboxylic acids is 1. The van der Waals surface area contributed by atoms with Crippen LogP contribution in [-0.2, 0) is 4.74 Å². The Bertz CT molecular complexity index is 475. The molecule has 0 radical (unpaired) electrons. The lowest BCUT2D eigenvalue weighted by molar-refractivity contribution is -0.00484. The Morgan fingerprint density at radius 3 is 3.05 bits per heavy atom. The summed E-state index contributed by atoms with van der Waals surface area (Å²) in [6.07, 6.45) is 0. The van der Waals surface area contributed by atoms with E-state index in [1.807, 2.05) is 0 Å². The first-order chi connectivity index (χ1) is 9.13. The third-order valence-corrected chi connectivity index (χ3v) is 3.65. The van der Waals surface area contributed by atoms with Crippen molar-refractivity contribution in [2.24, 2.45) is 0 Å². The molecule has 0 aliphatic carbocycles. The number of ether oxygens (including phenoxy) is 1. The molecule has 1 aliphatic heterocycles. The minimum Gasteiger partial charge on any atom is -0.478 e. The van der Waals surface area contributed by atoms with Gasteiger partial charge in [-0.05, 0) is 11.4 Å². The molecule has 0 saturated carbocycles. The number of aromatic carboxylic acids is 1. The average molecular weight is 286 g/mol. The van der Waals surface area contributed by atoms with E-state index in [1.165, 1.54) is 11.0 Å². The molecule has 8 heteroatoms. The standard InChI is InChI=1S/C11H14N2O5S/c14-5-7-6-18-3-2-13(7)11(17)12-9-8(10(15)16)1-4-19-9/h1,4,7,14H,2-3,5-6H2,(H,12,17)(H,15,16). The van der Waals surface area contributed by atoms with Crippen molar-refractivity contribution in [2.45, 2.75) is 6.04 Å². The number of nitrogens with zero attached hydrogens (tertiary/aromatic N) is 1. The molecule has 1 aromatic heterocycles. The monoisotopic (exact) mass is 286 g/mol. The second kappa shape index (κ2) is 6.00. The van der Waals surface area contributed by atoms with Crippen LogP contribution in [-0.4, -0.2) is 59.5 Å². The van der Waals surface area contributed by atoms with Gasteiger partial charge in [-0.3, -0.25) is 5.32 Å². The van der Waals surface area contributed by atoms with E-state index in [1.54, 1.807) is 5.38 Å². The molecule has 2 rings (SSSR count). The van der Waals surface area contributed by atoms with E-state index < -0.39 is 18.0 Å². The lowest BCUT2D eigenvalue weighted by atomic mass is 10.2. The summed E-state index contributed by atoms with van der Waals surface area (Å²) in [4.78, 5) is 24.5. The number of aliphatic hydroxyl groups is 1. The summed E-state index contributed by atoms with van der Waals surface area (Å²) in [5, 5.41) is 22.6. The Morgan fingerprint density at radius 1 is 1.58 bits per heavy atom. The van der Waals surface area contributed by atoms with E-state index in [9.17, 15) is 14.7 Å². The number of rotatable bonds is 3. The fourth-order valence-corrected chi connectivity index (χ4v) is 2.59. The maximum Gasteiger partial charge on any atom is 0.338 e. The van der Waals surface area contributed by atoms with E-state index in [-0.39, 0.29) is 18.8 Å². The van der Waals surface area contributed by atoms with E-state index in [0.717, 1.165) is 11.3 Å². The lowest BCUT2D eigenvalue weighted by Gasteiger charge is -2.34. The van der Waals surface area contributed by atoms with E-state index in [2.05, 4.69) is 5.32 Å². The van der Waals surface area contributed by atoms with Gasteiger partial charge in [-0.15, -0.1) is 11.3 Å². The van der Waals surface area contributed by atoms with Gasteiger partial charge in [0.15, 0.2) is 0 Å². The Balaban J connectivity index is 2.07. The SMILES string of the molecule is O=C(O)c1ccsc1NC(=O)N1CCOCC1CO. The highest BCUT2D eigenvalue weighted by atomic mass is 32.1. The zero-order chi connectivity index (χ0) is 13.8. The molecule has 1 aliphatic rings. The molecule has 7 nitrogen and oxygen atoms in total. The maximum atomic E-state index is 12.1. The van der Waals surface area contributed by atoms with Crippen molar-refractivity contribution in [2.75, 3.05) is 31.7 Å². The van der Waals surface area contributed by atoms with Gasteiger partial charge in [0.2, 0.25) is 0 Å². The number of thiophene rings is 1. The largest absolute Gasteiger partial charge is 0.478 e. The van der Waals surface area contributed by atoms with Crippen LogP contribution in [0.5, 0.6) is 0 Å². The Kier molecular flexibility index (Phi) is 4.35. The fraction of sp³-hybridized carbons (Fsp3) is 0.455. The Labute approximate surface area is 113 Å². The Morgan fingerprint density at radius 2 is 2.37 bits per heavy atom. The van der Waals surface area contributed by atoms with Crippen LogP contribution in [0.2, 0.25) is 0 Å². The first-order valence-electron chi connectivity index (χ1n) is 5.70.